The summed E-state index contributed by atoms with van der Waals surface area (Å²) in [5.74, 6) is -0.190. The highest BCUT2D eigenvalue weighted by molar-refractivity contribution is 5.78. The van der Waals surface area contributed by atoms with Gasteiger partial charge in [0.05, 0.1) is 20.3 Å². The minimum atomic E-state index is -0.479. The monoisotopic (exact) mass is 250 g/mol. The molecule has 0 amide bonds. The number of aromatic nitrogens is 1. The molecule has 1 aliphatic heterocycles. The van der Waals surface area contributed by atoms with Crippen molar-refractivity contribution >= 4 is 5.97 Å². The van der Waals surface area contributed by atoms with E-state index < -0.39 is 5.41 Å². The first kappa shape index (κ1) is 13.0. The van der Waals surface area contributed by atoms with Crippen LogP contribution in [0, 0.1) is 5.41 Å². The van der Waals surface area contributed by atoms with E-state index in [1.807, 2.05) is 12.1 Å². The molecule has 0 aliphatic carbocycles. The molecule has 5 heteroatoms. The largest absolute Gasteiger partial charge is 0.468 e. The summed E-state index contributed by atoms with van der Waals surface area (Å²) in [6.07, 6.45) is 4.48. The van der Waals surface area contributed by atoms with Gasteiger partial charge in [0.2, 0.25) is 0 Å². The van der Waals surface area contributed by atoms with Crippen LogP contribution in [0.3, 0.4) is 0 Å². The van der Waals surface area contributed by atoms with E-state index in [1.54, 1.807) is 12.4 Å². The lowest BCUT2D eigenvalue weighted by Crippen LogP contribution is -2.55. The summed E-state index contributed by atoms with van der Waals surface area (Å²) in [6, 6.07) is 3.98. The Kier molecular flexibility index (Phi) is 4.28. The summed E-state index contributed by atoms with van der Waals surface area (Å²) < 4.78 is 9.93. The molecule has 1 aromatic heterocycles. The molecule has 2 rings (SSSR count). The van der Waals surface area contributed by atoms with Gasteiger partial charge in [-0.05, 0) is 30.7 Å². The molecule has 1 aliphatic rings. The summed E-state index contributed by atoms with van der Waals surface area (Å²) in [4.78, 5) is 15.6. The van der Waals surface area contributed by atoms with Crippen LogP contribution in [-0.2, 0) is 20.7 Å². The average molecular weight is 250 g/mol. The summed E-state index contributed by atoms with van der Waals surface area (Å²) in [5, 5.41) is 3.29. The van der Waals surface area contributed by atoms with Crippen LogP contribution in [0.2, 0.25) is 0 Å². The summed E-state index contributed by atoms with van der Waals surface area (Å²) in [5.41, 5.74) is 0.752. The number of nitrogens with one attached hydrogen (secondary N) is 1. The third-order valence-electron chi connectivity index (χ3n) is 3.18. The van der Waals surface area contributed by atoms with Crippen LogP contribution in [0.15, 0.2) is 24.5 Å². The highest BCUT2D eigenvalue weighted by Gasteiger charge is 2.46. The molecule has 1 fully saturated rings. The van der Waals surface area contributed by atoms with Gasteiger partial charge in [-0.1, -0.05) is 0 Å². The van der Waals surface area contributed by atoms with Gasteiger partial charge in [0, 0.05) is 18.9 Å². The Bertz CT molecular complexity index is 390. The van der Waals surface area contributed by atoms with Gasteiger partial charge in [0.1, 0.15) is 5.41 Å². The number of ether oxygens (including phenoxy) is 2. The maximum Gasteiger partial charge on any atom is 0.317 e. The number of esters is 1. The Labute approximate surface area is 107 Å². The Balaban J connectivity index is 1.73. The highest BCUT2D eigenvalue weighted by atomic mass is 16.5. The van der Waals surface area contributed by atoms with Gasteiger partial charge >= 0.3 is 5.97 Å². The van der Waals surface area contributed by atoms with E-state index in [-0.39, 0.29) is 5.97 Å². The molecule has 0 unspecified atom stereocenters. The Morgan fingerprint density at radius 1 is 1.50 bits per heavy atom. The van der Waals surface area contributed by atoms with E-state index in [2.05, 4.69) is 10.3 Å². The molecule has 0 aromatic carbocycles. The molecule has 2 heterocycles. The van der Waals surface area contributed by atoms with Gasteiger partial charge < -0.3 is 14.8 Å². The predicted molar refractivity (Wildman–Crippen MR) is 66.1 cm³/mol. The van der Waals surface area contributed by atoms with E-state index in [1.165, 1.54) is 12.7 Å². The lowest BCUT2D eigenvalue weighted by Gasteiger charge is -2.38. The van der Waals surface area contributed by atoms with Crippen molar-refractivity contribution in [2.45, 2.75) is 6.42 Å². The van der Waals surface area contributed by atoms with E-state index in [9.17, 15) is 4.79 Å². The summed E-state index contributed by atoms with van der Waals surface area (Å²) in [7, 11) is 1.42. The second-order valence-electron chi connectivity index (χ2n) is 4.55. The molecule has 0 atom stereocenters. The van der Waals surface area contributed by atoms with Gasteiger partial charge in [0.25, 0.3) is 0 Å². The predicted octanol–water partition coefficient (Wildman–Crippen LogP) is 0.403. The smallest absolute Gasteiger partial charge is 0.317 e. The summed E-state index contributed by atoms with van der Waals surface area (Å²) in [6.45, 7) is 2.32. The van der Waals surface area contributed by atoms with Crippen molar-refractivity contribution < 1.29 is 14.3 Å². The molecule has 0 saturated carbocycles. The minimum absolute atomic E-state index is 0.190. The highest BCUT2D eigenvalue weighted by Crippen LogP contribution is 2.27. The molecule has 1 aromatic rings. The van der Waals surface area contributed by atoms with Crippen LogP contribution in [0.25, 0.3) is 0 Å². The van der Waals surface area contributed by atoms with Crippen molar-refractivity contribution in [1.82, 2.24) is 10.3 Å². The maximum absolute atomic E-state index is 11.6. The average Bonchev–Trinajstić information content (AvgIpc) is 2.37. The molecule has 0 bridgehead atoms. The number of rotatable bonds is 6. The van der Waals surface area contributed by atoms with Crippen molar-refractivity contribution in [2.75, 3.05) is 33.4 Å². The fourth-order valence-corrected chi connectivity index (χ4v) is 1.97. The first-order chi connectivity index (χ1) is 8.77. The molecule has 18 heavy (non-hydrogen) atoms. The Morgan fingerprint density at radius 3 is 2.78 bits per heavy atom. The Hall–Kier alpha value is -1.46. The topological polar surface area (TPSA) is 60.5 Å². The maximum atomic E-state index is 11.6. The lowest BCUT2D eigenvalue weighted by molar-refractivity contribution is -0.182. The standard InChI is InChI=1S/C13H18N2O3/c1-17-12(16)13(9-18-10-13)8-15-7-4-11-2-5-14-6-3-11/h2-3,5-6,15H,4,7-10H2,1H3. The van der Waals surface area contributed by atoms with E-state index in [4.69, 9.17) is 9.47 Å². The van der Waals surface area contributed by atoms with Gasteiger partial charge in [-0.25, -0.2) is 0 Å². The van der Waals surface area contributed by atoms with Crippen molar-refractivity contribution in [2.24, 2.45) is 5.41 Å². The fraction of sp³-hybridized carbons (Fsp3) is 0.538. The number of nitrogens with zero attached hydrogens (tertiary/aromatic N) is 1. The molecule has 0 spiro atoms. The Morgan fingerprint density at radius 2 is 2.22 bits per heavy atom. The minimum Gasteiger partial charge on any atom is -0.468 e. The van der Waals surface area contributed by atoms with Crippen LogP contribution in [0.5, 0.6) is 0 Å². The van der Waals surface area contributed by atoms with Gasteiger partial charge in [0.15, 0.2) is 0 Å². The number of methoxy groups -OCH3 is 1. The van der Waals surface area contributed by atoms with Crippen LogP contribution in [0.4, 0.5) is 0 Å². The SMILES string of the molecule is COC(=O)C1(CNCCc2ccncc2)COC1. The number of carbonyl (C=O) groups is 1. The first-order valence-corrected chi connectivity index (χ1v) is 6.03. The van der Waals surface area contributed by atoms with Crippen LogP contribution in [0.1, 0.15) is 5.56 Å². The summed E-state index contributed by atoms with van der Waals surface area (Å²) >= 11 is 0. The van der Waals surface area contributed by atoms with Gasteiger partial charge in [-0.15, -0.1) is 0 Å². The second kappa shape index (κ2) is 5.93. The molecular formula is C13H18N2O3. The molecule has 1 N–H and O–H groups in total. The second-order valence-corrected chi connectivity index (χ2v) is 4.55. The zero-order valence-electron chi connectivity index (χ0n) is 10.5. The van der Waals surface area contributed by atoms with Crippen molar-refractivity contribution in [3.8, 4) is 0 Å². The molecule has 98 valence electrons. The van der Waals surface area contributed by atoms with Crippen LogP contribution in [-0.4, -0.2) is 44.4 Å². The van der Waals surface area contributed by atoms with Crippen LogP contribution >= 0.6 is 0 Å². The zero-order valence-corrected chi connectivity index (χ0v) is 10.5. The number of pyridine rings is 1. The number of hydrogen-bond donors (Lipinski definition) is 1. The van der Waals surface area contributed by atoms with Crippen molar-refractivity contribution in [3.05, 3.63) is 30.1 Å². The zero-order chi connectivity index (χ0) is 12.8. The van der Waals surface area contributed by atoms with Gasteiger partial charge in [-0.3, -0.25) is 9.78 Å². The fourth-order valence-electron chi connectivity index (χ4n) is 1.97. The lowest BCUT2D eigenvalue weighted by atomic mass is 9.86. The van der Waals surface area contributed by atoms with Crippen molar-refractivity contribution in [1.29, 1.82) is 0 Å². The van der Waals surface area contributed by atoms with Crippen molar-refractivity contribution in [3.63, 3.8) is 0 Å². The molecular weight excluding hydrogens is 232 g/mol. The van der Waals surface area contributed by atoms with E-state index in [0.717, 1.165) is 13.0 Å². The quantitative estimate of drug-likeness (QED) is 0.585. The number of carbonyl (C=O) groups excluding carboxylic acids is 1. The first-order valence-electron chi connectivity index (χ1n) is 6.03. The third kappa shape index (κ3) is 2.86. The number of hydrogen-bond acceptors (Lipinski definition) is 5. The molecule has 5 nitrogen and oxygen atoms in total. The van der Waals surface area contributed by atoms with E-state index >= 15 is 0 Å². The van der Waals surface area contributed by atoms with Crippen LogP contribution < -0.4 is 5.32 Å². The van der Waals surface area contributed by atoms with E-state index in [0.29, 0.717) is 19.8 Å². The molecule has 1 saturated heterocycles. The third-order valence-corrected chi connectivity index (χ3v) is 3.18. The van der Waals surface area contributed by atoms with Gasteiger partial charge in [-0.2, -0.15) is 0 Å². The normalized spacial score (nSPS) is 16.9. The molecule has 0 radical (unpaired) electrons.